The maximum atomic E-state index is 5.41. The number of benzene rings is 10. The van der Waals surface area contributed by atoms with Gasteiger partial charge in [0.25, 0.3) is 0 Å². The summed E-state index contributed by atoms with van der Waals surface area (Å²) in [6.45, 7) is 0. The predicted octanol–water partition coefficient (Wildman–Crippen LogP) is 15.6. The van der Waals surface area contributed by atoms with Crippen LogP contribution in [0.4, 0.5) is 0 Å². The molecule has 3 aromatic heterocycles. The van der Waals surface area contributed by atoms with Crippen LogP contribution in [0.15, 0.2) is 231 Å². The van der Waals surface area contributed by atoms with E-state index in [1.165, 1.54) is 48.7 Å². The quantitative estimate of drug-likeness (QED) is 0.168. The van der Waals surface area contributed by atoms with Gasteiger partial charge < -0.3 is 9.13 Å². The summed E-state index contributed by atoms with van der Waals surface area (Å²) in [7, 11) is 0. The predicted molar refractivity (Wildman–Crippen MR) is 267 cm³/mol. The third-order valence-corrected chi connectivity index (χ3v) is 12.9. The Labute approximate surface area is 369 Å². The first kappa shape index (κ1) is 36.1. The molecule has 0 atom stereocenters. The van der Waals surface area contributed by atoms with Crippen molar-refractivity contribution in [2.75, 3.05) is 0 Å². The van der Waals surface area contributed by atoms with Crippen molar-refractivity contribution < 1.29 is 0 Å². The van der Waals surface area contributed by atoms with E-state index in [2.05, 4.69) is 234 Å². The molecule has 0 aliphatic carbocycles. The van der Waals surface area contributed by atoms with E-state index in [4.69, 9.17) is 9.97 Å². The second kappa shape index (κ2) is 14.5. The summed E-state index contributed by atoms with van der Waals surface area (Å²) >= 11 is 0. The van der Waals surface area contributed by atoms with Gasteiger partial charge in [0, 0.05) is 49.6 Å². The third kappa shape index (κ3) is 5.77. The minimum atomic E-state index is 0.679. The van der Waals surface area contributed by atoms with Gasteiger partial charge in [0.05, 0.1) is 33.5 Å². The van der Waals surface area contributed by atoms with E-state index < -0.39 is 0 Å². The zero-order valence-corrected chi connectivity index (χ0v) is 34.7. The first-order chi connectivity index (χ1) is 31.7. The van der Waals surface area contributed by atoms with Gasteiger partial charge in [0.2, 0.25) is 0 Å². The summed E-state index contributed by atoms with van der Waals surface area (Å²) in [4.78, 5) is 10.7. The number of fused-ring (bicyclic) bond motifs is 10. The van der Waals surface area contributed by atoms with Crippen molar-refractivity contribution >= 4 is 65.2 Å². The van der Waals surface area contributed by atoms with Crippen LogP contribution in [0, 0.1) is 0 Å². The lowest BCUT2D eigenvalue weighted by molar-refractivity contribution is 1.13. The number of hydrogen-bond donors (Lipinski definition) is 0. The summed E-state index contributed by atoms with van der Waals surface area (Å²) in [6.07, 6.45) is 0. The van der Waals surface area contributed by atoms with Gasteiger partial charge >= 0.3 is 0 Å². The normalized spacial score (nSPS) is 11.8. The molecule has 4 nitrogen and oxygen atoms in total. The van der Waals surface area contributed by atoms with Crippen LogP contribution >= 0.6 is 0 Å². The van der Waals surface area contributed by atoms with Crippen molar-refractivity contribution in [2.24, 2.45) is 0 Å². The second-order valence-corrected chi connectivity index (χ2v) is 16.6. The van der Waals surface area contributed by atoms with Crippen molar-refractivity contribution in [3.8, 4) is 56.4 Å². The first-order valence-corrected chi connectivity index (χ1v) is 21.8. The summed E-state index contributed by atoms with van der Waals surface area (Å²) in [5.41, 5.74) is 13.8. The topological polar surface area (TPSA) is 35.6 Å². The highest BCUT2D eigenvalue weighted by Crippen LogP contribution is 2.42. The van der Waals surface area contributed by atoms with Gasteiger partial charge in [-0.3, -0.25) is 0 Å². The van der Waals surface area contributed by atoms with Crippen LogP contribution in [-0.4, -0.2) is 19.1 Å². The van der Waals surface area contributed by atoms with E-state index in [0.29, 0.717) is 5.82 Å². The molecule has 0 N–H and O–H groups in total. The van der Waals surface area contributed by atoms with Crippen molar-refractivity contribution in [1.29, 1.82) is 0 Å². The lowest BCUT2D eigenvalue weighted by Gasteiger charge is -2.17. The van der Waals surface area contributed by atoms with Crippen LogP contribution in [-0.2, 0) is 0 Å². The molecule has 13 rings (SSSR count). The highest BCUT2D eigenvalue weighted by atomic mass is 15.0. The highest BCUT2D eigenvalue weighted by molar-refractivity contribution is 6.22. The summed E-state index contributed by atoms with van der Waals surface area (Å²) in [5.74, 6) is 0.679. The molecule has 0 aliphatic rings. The van der Waals surface area contributed by atoms with Crippen LogP contribution in [0.2, 0.25) is 0 Å². The number of nitrogens with zero attached hydrogens (tertiary/aromatic N) is 4. The molecular weight excluding hydrogens is 777 g/mol. The Balaban J connectivity index is 1.11. The molecule has 64 heavy (non-hydrogen) atoms. The van der Waals surface area contributed by atoms with Gasteiger partial charge in [-0.2, -0.15) is 0 Å². The average Bonchev–Trinajstić information content (AvgIpc) is 3.90. The molecule has 298 valence electrons. The highest BCUT2D eigenvalue weighted by Gasteiger charge is 2.21. The van der Waals surface area contributed by atoms with Crippen LogP contribution in [0.5, 0.6) is 0 Å². The van der Waals surface area contributed by atoms with Gasteiger partial charge in [-0.25, -0.2) is 9.97 Å². The fourth-order valence-corrected chi connectivity index (χ4v) is 9.96. The van der Waals surface area contributed by atoms with Crippen molar-refractivity contribution in [2.45, 2.75) is 0 Å². The van der Waals surface area contributed by atoms with E-state index in [1.54, 1.807) is 0 Å². The maximum absolute atomic E-state index is 5.41. The van der Waals surface area contributed by atoms with Crippen molar-refractivity contribution in [1.82, 2.24) is 19.1 Å². The number of rotatable bonds is 6. The van der Waals surface area contributed by atoms with Gasteiger partial charge in [0.15, 0.2) is 5.82 Å². The molecule has 13 aromatic rings. The molecule has 0 unspecified atom stereocenters. The van der Waals surface area contributed by atoms with E-state index in [0.717, 1.165) is 67.1 Å². The molecule has 0 aliphatic heterocycles. The van der Waals surface area contributed by atoms with Crippen LogP contribution in [0.1, 0.15) is 0 Å². The second-order valence-electron chi connectivity index (χ2n) is 16.6. The smallest absolute Gasteiger partial charge is 0.160 e. The Morgan fingerprint density at radius 3 is 1.23 bits per heavy atom. The zero-order chi connectivity index (χ0) is 42.1. The maximum Gasteiger partial charge on any atom is 0.160 e. The zero-order valence-electron chi connectivity index (χ0n) is 34.7. The molecule has 0 saturated carbocycles. The molecule has 4 heteroatoms. The lowest BCUT2D eigenvalue weighted by atomic mass is 10.0. The Bertz CT molecular complexity index is 3760. The minimum absolute atomic E-state index is 0.679. The van der Waals surface area contributed by atoms with Gasteiger partial charge in [-0.1, -0.05) is 182 Å². The fraction of sp³-hybridized carbons (Fsp3) is 0. The molecule has 0 spiro atoms. The van der Waals surface area contributed by atoms with Gasteiger partial charge in [-0.15, -0.1) is 0 Å². The molecule has 0 bridgehead atoms. The minimum Gasteiger partial charge on any atom is -0.309 e. The fourth-order valence-electron chi connectivity index (χ4n) is 9.96. The number of aromatic nitrogens is 4. The van der Waals surface area contributed by atoms with E-state index in [-0.39, 0.29) is 0 Å². The van der Waals surface area contributed by atoms with Crippen LogP contribution in [0.25, 0.3) is 122 Å². The van der Waals surface area contributed by atoms with E-state index in [1.807, 2.05) is 6.07 Å². The molecular formula is C60H38N4. The summed E-state index contributed by atoms with van der Waals surface area (Å²) in [6, 6.07) is 82.8. The summed E-state index contributed by atoms with van der Waals surface area (Å²) < 4.78 is 4.88. The van der Waals surface area contributed by atoms with Crippen LogP contribution < -0.4 is 0 Å². The number of hydrogen-bond acceptors (Lipinski definition) is 2. The monoisotopic (exact) mass is 814 g/mol. The van der Waals surface area contributed by atoms with Crippen molar-refractivity contribution in [3.05, 3.63) is 231 Å². The Hall–Kier alpha value is -8.60. The Morgan fingerprint density at radius 2 is 0.688 bits per heavy atom. The number of para-hydroxylation sites is 2. The molecule has 0 fully saturated rings. The van der Waals surface area contributed by atoms with Crippen molar-refractivity contribution in [3.63, 3.8) is 0 Å². The van der Waals surface area contributed by atoms with E-state index in [9.17, 15) is 0 Å². The lowest BCUT2D eigenvalue weighted by Crippen LogP contribution is -2.01. The van der Waals surface area contributed by atoms with Gasteiger partial charge in [0.1, 0.15) is 0 Å². The molecule has 0 radical (unpaired) electrons. The van der Waals surface area contributed by atoms with Crippen LogP contribution in [0.3, 0.4) is 0 Å². The average molecular weight is 815 g/mol. The molecule has 3 heterocycles. The summed E-state index contributed by atoms with van der Waals surface area (Å²) in [5, 5.41) is 9.88. The van der Waals surface area contributed by atoms with E-state index >= 15 is 0 Å². The SMILES string of the molecule is c1ccc(-c2ccc(-c3cc(-c4cc(-n5c6ccccc6c6c7ccccc7ccc65)cc(-n5c6ccccc6c6c7ccccc7ccc65)c4)nc(-c4ccccc4)n3)cc2)cc1. The third-order valence-electron chi connectivity index (χ3n) is 12.9. The standard InChI is InChI=1S/C60H38N4/c1-3-15-39(16-4-1)40-27-29-43(30-28-40)52-38-53(62-60(61-52)44-19-5-2-6-20-44)45-35-46(63-54-25-13-11-23-50(54)58-48-21-9-7-17-41(48)31-33-56(58)63)37-47(36-45)64-55-26-14-12-24-51(55)59-49-22-10-8-18-42(49)32-34-57(59)64/h1-38H. The largest absolute Gasteiger partial charge is 0.309 e. The molecule has 10 aromatic carbocycles. The molecule has 0 amide bonds. The Morgan fingerprint density at radius 1 is 0.266 bits per heavy atom. The molecule has 0 saturated heterocycles. The Kier molecular flexibility index (Phi) is 8.18. The van der Waals surface area contributed by atoms with Gasteiger partial charge in [-0.05, 0) is 81.2 Å². The first-order valence-electron chi connectivity index (χ1n) is 21.8.